The Bertz CT molecular complexity index is 1620. The molecule has 1 amide bonds. The zero-order chi connectivity index (χ0) is 31.6. The van der Waals surface area contributed by atoms with Gasteiger partial charge in [0, 0.05) is 44.2 Å². The first kappa shape index (κ1) is 30.4. The quantitative estimate of drug-likeness (QED) is 0.165. The number of rotatable bonds is 6. The predicted octanol–water partition coefficient (Wildman–Crippen LogP) is 2.65. The number of ketones is 2. The van der Waals surface area contributed by atoms with E-state index in [0.29, 0.717) is 27.3 Å². The summed E-state index contributed by atoms with van der Waals surface area (Å²) in [6, 6.07) is 9.88. The van der Waals surface area contributed by atoms with E-state index in [1.54, 1.807) is 6.07 Å². The third kappa shape index (κ3) is 5.00. The number of nitrogens with two attached hydrogens (primary N) is 1. The SMILES string of the molecule is CN(C)c1cc(NCc2ccccc2[Si]C(C)(C)C)c(O)c2c1C[C@H]1C[C@H]3CC(=O)C(C(N)=O)=C(O)[C@@]3(O)C(=O)C1=C2O. The molecule has 1 saturated carbocycles. The van der Waals surface area contributed by atoms with Crippen LogP contribution in [-0.2, 0) is 27.3 Å². The summed E-state index contributed by atoms with van der Waals surface area (Å²) in [5.74, 6) is -6.45. The summed E-state index contributed by atoms with van der Waals surface area (Å²) >= 11 is 0. The number of carbonyl (C=O) groups is 3. The van der Waals surface area contributed by atoms with E-state index in [1.165, 1.54) is 5.19 Å². The summed E-state index contributed by atoms with van der Waals surface area (Å²) in [6.07, 6.45) is -0.0267. The average Bonchev–Trinajstić information content (AvgIpc) is 2.89. The number of aliphatic hydroxyl groups excluding tert-OH is 2. The minimum absolute atomic E-state index is 0.0608. The number of primary amides is 1. The van der Waals surface area contributed by atoms with E-state index in [4.69, 9.17) is 5.73 Å². The molecule has 0 saturated heterocycles. The molecule has 2 aromatic rings. The third-order valence-corrected chi connectivity index (χ3v) is 10.0. The number of nitrogens with zero attached hydrogens (tertiary/aromatic N) is 1. The topological polar surface area (TPSA) is 173 Å². The van der Waals surface area contributed by atoms with Crippen LogP contribution in [0, 0.1) is 11.8 Å². The van der Waals surface area contributed by atoms with Crippen molar-refractivity contribution >= 4 is 49.3 Å². The second kappa shape index (κ2) is 10.6. The summed E-state index contributed by atoms with van der Waals surface area (Å²) in [7, 11) is 4.24. The summed E-state index contributed by atoms with van der Waals surface area (Å²) in [6.45, 7) is 6.94. The number of nitrogens with one attached hydrogen (secondary N) is 1. The zero-order valence-electron chi connectivity index (χ0n) is 24.9. The van der Waals surface area contributed by atoms with Gasteiger partial charge in [0.15, 0.2) is 11.4 Å². The number of amides is 1. The number of Topliss-reactive ketones (excluding diaryl/α,β-unsaturated/α-hetero) is 2. The number of hydrogen-bond acceptors (Lipinski definition) is 9. The molecule has 3 atom stereocenters. The van der Waals surface area contributed by atoms with Crippen LogP contribution in [0.15, 0.2) is 47.2 Å². The smallest absolute Gasteiger partial charge is 0.255 e. The van der Waals surface area contributed by atoms with Crippen LogP contribution >= 0.6 is 0 Å². The van der Waals surface area contributed by atoms with E-state index >= 15 is 0 Å². The van der Waals surface area contributed by atoms with Gasteiger partial charge in [0.05, 0.1) is 20.8 Å². The number of benzene rings is 2. The van der Waals surface area contributed by atoms with E-state index in [1.807, 2.05) is 37.2 Å². The van der Waals surface area contributed by atoms with Crippen molar-refractivity contribution in [1.82, 2.24) is 0 Å². The first-order valence-electron chi connectivity index (χ1n) is 14.2. The molecule has 2 radical (unpaired) electrons. The Balaban J connectivity index is 1.59. The number of carbonyl (C=O) groups excluding carboxylic acids is 3. The van der Waals surface area contributed by atoms with Gasteiger partial charge in [-0.1, -0.05) is 50.2 Å². The molecule has 5 rings (SSSR count). The van der Waals surface area contributed by atoms with Crippen LogP contribution < -0.4 is 21.1 Å². The number of phenolic OH excluding ortho intramolecular Hbond substituents is 1. The molecule has 0 spiro atoms. The van der Waals surface area contributed by atoms with Crippen LogP contribution in [0.3, 0.4) is 0 Å². The van der Waals surface area contributed by atoms with Gasteiger partial charge in [-0.2, -0.15) is 0 Å². The van der Waals surface area contributed by atoms with Crippen molar-refractivity contribution in [3.8, 4) is 5.75 Å². The fourth-order valence-corrected chi connectivity index (χ4v) is 7.91. The first-order chi connectivity index (χ1) is 20.1. The Hall–Kier alpha value is -4.09. The fourth-order valence-electron chi connectivity index (χ4n) is 6.59. The van der Waals surface area contributed by atoms with Crippen molar-refractivity contribution in [3.05, 3.63) is 63.9 Å². The number of aromatic hydroxyl groups is 1. The van der Waals surface area contributed by atoms with Gasteiger partial charge in [-0.25, -0.2) is 0 Å². The molecule has 43 heavy (non-hydrogen) atoms. The number of fused-ring (bicyclic) bond motifs is 3. The van der Waals surface area contributed by atoms with Crippen LogP contribution in [0.25, 0.3) is 5.76 Å². The Morgan fingerprint density at radius 2 is 1.81 bits per heavy atom. The Morgan fingerprint density at radius 1 is 1.14 bits per heavy atom. The molecule has 2 aromatic carbocycles. The standard InChI is InChI=1S/C32H37N3O7Si/c1-31(2,3)43-22-9-7-6-8-15(22)14-34-19-13-20(35(4)5)18-11-16-10-17-12-21(36)25(30(33)41)29(40)32(17,42)28(39)23(16)27(38)24(18)26(19)37/h6-9,13,16-17,34,37-38,40,42H,10-12,14H2,1-5H3,(H2,33,41)/t16-,17+,32+/m1/s1. The van der Waals surface area contributed by atoms with Crippen molar-refractivity contribution < 1.29 is 34.8 Å². The van der Waals surface area contributed by atoms with E-state index in [9.17, 15) is 34.8 Å². The molecule has 0 aliphatic heterocycles. The Morgan fingerprint density at radius 3 is 2.44 bits per heavy atom. The van der Waals surface area contributed by atoms with Crippen molar-refractivity contribution in [3.63, 3.8) is 0 Å². The molecule has 3 aliphatic rings. The maximum absolute atomic E-state index is 13.9. The Kier molecular flexibility index (Phi) is 7.46. The molecule has 3 aliphatic carbocycles. The fraction of sp³-hybridized carbons (Fsp3) is 0.406. The van der Waals surface area contributed by atoms with Gasteiger partial charge in [0.25, 0.3) is 5.91 Å². The molecular formula is C32H37N3O7Si. The predicted molar refractivity (Wildman–Crippen MR) is 165 cm³/mol. The van der Waals surface area contributed by atoms with Crippen LogP contribution in [0.1, 0.15) is 50.3 Å². The van der Waals surface area contributed by atoms with E-state index in [-0.39, 0.29) is 41.2 Å². The minimum atomic E-state index is -2.59. The third-order valence-electron chi connectivity index (χ3n) is 8.52. The highest BCUT2D eigenvalue weighted by atomic mass is 28.2. The summed E-state index contributed by atoms with van der Waals surface area (Å²) < 4.78 is 0. The van der Waals surface area contributed by atoms with Gasteiger partial charge in [-0.05, 0) is 41.0 Å². The highest BCUT2D eigenvalue weighted by molar-refractivity contribution is 6.57. The van der Waals surface area contributed by atoms with Crippen LogP contribution in [-0.4, -0.2) is 67.1 Å². The molecule has 0 heterocycles. The number of hydrogen-bond donors (Lipinski definition) is 6. The highest BCUT2D eigenvalue weighted by Gasteiger charge is 2.60. The zero-order valence-corrected chi connectivity index (χ0v) is 25.9. The monoisotopic (exact) mass is 603 g/mol. The number of anilines is 2. The molecule has 11 heteroatoms. The van der Waals surface area contributed by atoms with Gasteiger partial charge in [-0.15, -0.1) is 0 Å². The lowest BCUT2D eigenvalue weighted by atomic mass is 9.59. The van der Waals surface area contributed by atoms with Gasteiger partial charge >= 0.3 is 0 Å². The van der Waals surface area contributed by atoms with Crippen LogP contribution in [0.2, 0.25) is 5.04 Å². The van der Waals surface area contributed by atoms with E-state index in [2.05, 4.69) is 32.2 Å². The Labute approximate surface area is 252 Å². The van der Waals surface area contributed by atoms with Gasteiger partial charge in [0.2, 0.25) is 5.78 Å². The van der Waals surface area contributed by atoms with Gasteiger partial charge < -0.3 is 36.4 Å². The van der Waals surface area contributed by atoms with Crippen LogP contribution in [0.5, 0.6) is 5.75 Å². The van der Waals surface area contributed by atoms with Crippen molar-refractivity contribution in [1.29, 1.82) is 0 Å². The van der Waals surface area contributed by atoms with Crippen molar-refractivity contribution in [2.75, 3.05) is 24.3 Å². The van der Waals surface area contributed by atoms with Gasteiger partial charge in [0.1, 0.15) is 22.8 Å². The molecule has 10 nitrogen and oxygen atoms in total. The molecule has 0 aromatic heterocycles. The highest BCUT2D eigenvalue weighted by Crippen LogP contribution is 2.54. The molecule has 226 valence electrons. The summed E-state index contributed by atoms with van der Waals surface area (Å²) in [4.78, 5) is 40.2. The molecule has 7 N–H and O–H groups in total. The van der Waals surface area contributed by atoms with E-state index < -0.39 is 52.0 Å². The van der Waals surface area contributed by atoms with Crippen molar-refractivity contribution in [2.24, 2.45) is 17.6 Å². The second-order valence-corrected chi connectivity index (χ2v) is 15.1. The second-order valence-electron chi connectivity index (χ2n) is 12.8. The average molecular weight is 604 g/mol. The largest absolute Gasteiger partial charge is 0.508 e. The van der Waals surface area contributed by atoms with Crippen LogP contribution in [0.4, 0.5) is 11.4 Å². The maximum atomic E-state index is 13.9. The summed E-state index contributed by atoms with van der Waals surface area (Å²) in [5.41, 5.74) is 4.53. The summed E-state index contributed by atoms with van der Waals surface area (Å²) in [5, 5.41) is 50.0. The number of aliphatic hydroxyl groups is 3. The number of phenols is 1. The lowest BCUT2D eigenvalue weighted by Gasteiger charge is -2.46. The molecular weight excluding hydrogens is 566 g/mol. The molecule has 0 bridgehead atoms. The van der Waals surface area contributed by atoms with Crippen molar-refractivity contribution in [2.45, 2.75) is 57.2 Å². The lowest BCUT2D eigenvalue weighted by Crippen LogP contribution is -2.58. The maximum Gasteiger partial charge on any atom is 0.255 e. The van der Waals surface area contributed by atoms with Gasteiger partial charge in [-0.3, -0.25) is 14.4 Å². The molecule has 1 fully saturated rings. The molecule has 0 unspecified atom stereocenters. The lowest BCUT2D eigenvalue weighted by molar-refractivity contribution is -0.147. The first-order valence-corrected chi connectivity index (χ1v) is 15.2. The normalized spacial score (nSPS) is 23.5. The van der Waals surface area contributed by atoms with E-state index in [0.717, 1.165) is 11.3 Å². The minimum Gasteiger partial charge on any atom is -0.508 e.